The number of amides is 1. The van der Waals surface area contributed by atoms with Gasteiger partial charge in [0, 0.05) is 10.6 Å². The van der Waals surface area contributed by atoms with Crippen molar-refractivity contribution in [3.05, 3.63) is 81.1 Å². The van der Waals surface area contributed by atoms with Gasteiger partial charge in [0.15, 0.2) is 5.16 Å². The van der Waals surface area contributed by atoms with Crippen LogP contribution >= 0.6 is 23.4 Å². The Kier molecular flexibility index (Phi) is 6.70. The first kappa shape index (κ1) is 20.6. The molecule has 0 radical (unpaired) electrons. The molecule has 3 aromatic rings. The van der Waals surface area contributed by atoms with Crippen molar-refractivity contribution < 1.29 is 4.79 Å². The zero-order valence-corrected chi connectivity index (χ0v) is 17.1. The minimum Gasteiger partial charge on any atom is -0.349 e. The van der Waals surface area contributed by atoms with Crippen LogP contribution in [0.25, 0.3) is 11.3 Å². The number of halogens is 1. The van der Waals surface area contributed by atoms with Crippen LogP contribution in [0.1, 0.15) is 24.1 Å². The Bertz CT molecular complexity index is 1110. The van der Waals surface area contributed by atoms with Crippen LogP contribution in [0.4, 0.5) is 0 Å². The van der Waals surface area contributed by atoms with Crippen LogP contribution < -0.4 is 10.9 Å². The normalized spacial score (nSPS) is 11.5. The zero-order valence-electron chi connectivity index (χ0n) is 15.5. The maximum Gasteiger partial charge on any atom is 0.270 e. The molecule has 1 amide bonds. The van der Waals surface area contributed by atoms with Crippen LogP contribution in [0.5, 0.6) is 0 Å². The summed E-state index contributed by atoms with van der Waals surface area (Å²) in [7, 11) is 0. The van der Waals surface area contributed by atoms with E-state index in [-0.39, 0.29) is 34.1 Å². The van der Waals surface area contributed by atoms with Crippen LogP contribution in [0.3, 0.4) is 0 Å². The van der Waals surface area contributed by atoms with E-state index in [0.29, 0.717) is 10.6 Å². The summed E-state index contributed by atoms with van der Waals surface area (Å²) in [5.41, 5.74) is 1.22. The number of nitrogens with zero attached hydrogens (tertiary/aromatic N) is 2. The summed E-state index contributed by atoms with van der Waals surface area (Å²) in [5.74, 6) is -0.113. The molecular formula is C21H17ClN4O2S. The number of thioether (sulfide) groups is 1. The lowest BCUT2D eigenvalue weighted by atomic mass is 10.1. The first-order valence-electron chi connectivity index (χ1n) is 8.75. The summed E-state index contributed by atoms with van der Waals surface area (Å²) < 4.78 is 0. The fourth-order valence-corrected chi connectivity index (χ4v) is 3.48. The van der Waals surface area contributed by atoms with Crippen LogP contribution in [-0.4, -0.2) is 21.6 Å². The highest BCUT2D eigenvalue weighted by atomic mass is 35.5. The van der Waals surface area contributed by atoms with E-state index in [4.69, 9.17) is 11.6 Å². The predicted molar refractivity (Wildman–Crippen MR) is 114 cm³/mol. The number of H-pyrrole nitrogens is 1. The van der Waals surface area contributed by atoms with Gasteiger partial charge in [-0.1, -0.05) is 65.8 Å². The van der Waals surface area contributed by atoms with Gasteiger partial charge >= 0.3 is 0 Å². The highest BCUT2D eigenvalue weighted by molar-refractivity contribution is 7.99. The number of hydrogen-bond donors (Lipinski definition) is 2. The fourth-order valence-electron chi connectivity index (χ4n) is 2.68. The monoisotopic (exact) mass is 424 g/mol. The molecule has 1 heterocycles. The minimum absolute atomic E-state index is 0.0755. The van der Waals surface area contributed by atoms with Crippen molar-refractivity contribution in [2.75, 3.05) is 5.75 Å². The van der Waals surface area contributed by atoms with Crippen LogP contribution in [-0.2, 0) is 4.79 Å². The molecule has 0 unspecified atom stereocenters. The lowest BCUT2D eigenvalue weighted by molar-refractivity contribution is -0.119. The summed E-state index contributed by atoms with van der Waals surface area (Å²) in [6.45, 7) is 1.90. The topological polar surface area (TPSA) is 98.6 Å². The maximum absolute atomic E-state index is 12.3. The van der Waals surface area contributed by atoms with E-state index >= 15 is 0 Å². The lowest BCUT2D eigenvalue weighted by Gasteiger charge is -2.14. The van der Waals surface area contributed by atoms with Crippen molar-refractivity contribution in [2.45, 2.75) is 18.1 Å². The SMILES string of the molecule is C[C@@H](NC(=O)CSc1nc(-c2ccc(Cl)cc2)c(C#N)c(=O)[nH]1)c1ccccc1. The van der Waals surface area contributed by atoms with Crippen molar-refractivity contribution in [2.24, 2.45) is 0 Å². The van der Waals surface area contributed by atoms with Crippen molar-refractivity contribution >= 4 is 29.3 Å². The molecule has 1 atom stereocenters. The molecule has 1 aromatic heterocycles. The average molecular weight is 425 g/mol. The molecule has 8 heteroatoms. The molecule has 0 saturated carbocycles. The number of carbonyl (C=O) groups is 1. The molecule has 0 aliphatic heterocycles. The first-order chi connectivity index (χ1) is 14.0. The number of aromatic nitrogens is 2. The standard InChI is InChI=1S/C21H17ClN4O2S/c1-13(14-5-3-2-4-6-14)24-18(27)12-29-21-25-19(17(11-23)20(28)26-21)15-7-9-16(22)10-8-15/h2-10,13H,12H2,1H3,(H,24,27)(H,25,26,28)/t13-/m1/s1. The summed E-state index contributed by atoms with van der Waals surface area (Å²) in [6.07, 6.45) is 0. The van der Waals surface area contributed by atoms with Gasteiger partial charge in [-0.05, 0) is 24.6 Å². The Morgan fingerprint density at radius 2 is 1.93 bits per heavy atom. The summed E-state index contributed by atoms with van der Waals surface area (Å²) in [5, 5.41) is 13.0. The molecule has 0 saturated heterocycles. The molecular weight excluding hydrogens is 408 g/mol. The van der Waals surface area contributed by atoms with Crippen molar-refractivity contribution in [3.8, 4) is 17.3 Å². The van der Waals surface area contributed by atoms with Gasteiger partial charge in [-0.3, -0.25) is 9.59 Å². The van der Waals surface area contributed by atoms with Gasteiger partial charge < -0.3 is 10.3 Å². The van der Waals surface area contributed by atoms with Crippen molar-refractivity contribution in [1.82, 2.24) is 15.3 Å². The van der Waals surface area contributed by atoms with Gasteiger partial charge in [0.05, 0.1) is 17.5 Å². The molecule has 0 aliphatic rings. The Morgan fingerprint density at radius 3 is 2.59 bits per heavy atom. The molecule has 0 fully saturated rings. The number of rotatable bonds is 6. The third-order valence-electron chi connectivity index (χ3n) is 4.14. The molecule has 2 N–H and O–H groups in total. The summed E-state index contributed by atoms with van der Waals surface area (Å²) in [4.78, 5) is 31.5. The van der Waals surface area contributed by atoms with Crippen LogP contribution in [0.15, 0.2) is 64.5 Å². The van der Waals surface area contributed by atoms with E-state index in [2.05, 4.69) is 15.3 Å². The van der Waals surface area contributed by atoms with E-state index in [1.807, 2.05) is 43.3 Å². The van der Waals surface area contributed by atoms with Crippen molar-refractivity contribution in [1.29, 1.82) is 5.26 Å². The number of nitriles is 1. The molecule has 29 heavy (non-hydrogen) atoms. The Morgan fingerprint density at radius 1 is 1.24 bits per heavy atom. The van der Waals surface area contributed by atoms with E-state index in [1.165, 1.54) is 0 Å². The number of aromatic amines is 1. The maximum atomic E-state index is 12.3. The van der Waals surface area contributed by atoms with E-state index in [0.717, 1.165) is 17.3 Å². The van der Waals surface area contributed by atoms with Gasteiger partial charge in [-0.25, -0.2) is 4.98 Å². The second kappa shape index (κ2) is 9.41. The molecule has 0 spiro atoms. The quantitative estimate of drug-likeness (QED) is 0.461. The number of hydrogen-bond acceptors (Lipinski definition) is 5. The molecule has 3 rings (SSSR count). The summed E-state index contributed by atoms with van der Waals surface area (Å²) >= 11 is 7.00. The summed E-state index contributed by atoms with van der Waals surface area (Å²) in [6, 6.07) is 18.1. The van der Waals surface area contributed by atoms with Gasteiger partial charge in [-0.2, -0.15) is 5.26 Å². The highest BCUT2D eigenvalue weighted by Gasteiger charge is 2.15. The predicted octanol–water partition coefficient (Wildman–Crippen LogP) is 3.93. The number of benzene rings is 2. The van der Waals surface area contributed by atoms with Crippen LogP contribution in [0, 0.1) is 11.3 Å². The molecule has 146 valence electrons. The largest absolute Gasteiger partial charge is 0.349 e. The van der Waals surface area contributed by atoms with Gasteiger partial charge in [-0.15, -0.1) is 0 Å². The Balaban J connectivity index is 1.74. The fraction of sp³-hybridized carbons (Fsp3) is 0.143. The van der Waals surface area contributed by atoms with Gasteiger partial charge in [0.1, 0.15) is 11.6 Å². The van der Waals surface area contributed by atoms with Crippen LogP contribution in [0.2, 0.25) is 5.02 Å². The third kappa shape index (κ3) is 5.25. The van der Waals surface area contributed by atoms with E-state index < -0.39 is 5.56 Å². The highest BCUT2D eigenvalue weighted by Crippen LogP contribution is 2.23. The third-order valence-corrected chi connectivity index (χ3v) is 5.27. The number of carbonyl (C=O) groups excluding carboxylic acids is 1. The minimum atomic E-state index is -0.548. The molecule has 2 aromatic carbocycles. The second-order valence-corrected chi connectivity index (χ2v) is 7.60. The molecule has 0 aliphatic carbocycles. The Labute approximate surface area is 177 Å². The van der Waals surface area contributed by atoms with Crippen molar-refractivity contribution in [3.63, 3.8) is 0 Å². The number of nitrogens with one attached hydrogen (secondary N) is 2. The molecule has 0 bridgehead atoms. The van der Waals surface area contributed by atoms with Gasteiger partial charge in [0.2, 0.25) is 5.91 Å². The van der Waals surface area contributed by atoms with E-state index in [1.54, 1.807) is 24.3 Å². The van der Waals surface area contributed by atoms with E-state index in [9.17, 15) is 14.9 Å². The second-order valence-electron chi connectivity index (χ2n) is 6.20. The average Bonchev–Trinajstić information content (AvgIpc) is 2.73. The smallest absolute Gasteiger partial charge is 0.270 e. The lowest BCUT2D eigenvalue weighted by Crippen LogP contribution is -2.28. The Hall–Kier alpha value is -3.08. The zero-order chi connectivity index (χ0) is 20.8. The first-order valence-corrected chi connectivity index (χ1v) is 10.1. The molecule has 6 nitrogen and oxygen atoms in total. The van der Waals surface area contributed by atoms with Gasteiger partial charge in [0.25, 0.3) is 5.56 Å².